The summed E-state index contributed by atoms with van der Waals surface area (Å²) in [6.45, 7) is 6.29. The molecule has 0 bridgehead atoms. The topological polar surface area (TPSA) is 50.4 Å². The van der Waals surface area contributed by atoms with Crippen molar-refractivity contribution in [3.05, 3.63) is 89.5 Å². The predicted molar refractivity (Wildman–Crippen MR) is 121 cm³/mol. The Balaban J connectivity index is 1.56. The molecule has 4 nitrogen and oxygen atoms in total. The maximum atomic E-state index is 5.67. The summed E-state index contributed by atoms with van der Waals surface area (Å²) in [5.41, 5.74) is 6.42. The molecule has 3 aromatic rings. The Bertz CT molecular complexity index is 1110. The summed E-state index contributed by atoms with van der Waals surface area (Å²) in [5.74, 6) is 1.55. The van der Waals surface area contributed by atoms with Gasteiger partial charge in [-0.25, -0.2) is 4.98 Å². The average Bonchev–Trinajstić information content (AvgIpc) is 3.52. The Kier molecular flexibility index (Phi) is 4.87. The van der Waals surface area contributed by atoms with E-state index in [2.05, 4.69) is 60.8 Å². The van der Waals surface area contributed by atoms with Crippen LogP contribution in [0.15, 0.2) is 76.4 Å². The summed E-state index contributed by atoms with van der Waals surface area (Å²) in [5, 5.41) is 3.48. The summed E-state index contributed by atoms with van der Waals surface area (Å²) in [6.07, 6.45) is 7.90. The van der Waals surface area contributed by atoms with Gasteiger partial charge in [0.05, 0.1) is 17.7 Å². The largest absolute Gasteiger partial charge is 0.469 e. The molecule has 4 heteroatoms. The summed E-state index contributed by atoms with van der Waals surface area (Å²) in [4.78, 5) is 9.84. The fourth-order valence-corrected chi connectivity index (χ4v) is 4.54. The molecule has 0 saturated carbocycles. The SMILES string of the molecule is CC1=NC(C)(c2cccc(-c3ccc(C4CCNC4)cc3Cc3ccco3)n2)C=C1. The van der Waals surface area contributed by atoms with Gasteiger partial charge >= 0.3 is 0 Å². The second-order valence-electron chi connectivity index (χ2n) is 8.50. The smallest absolute Gasteiger partial charge is 0.118 e. The van der Waals surface area contributed by atoms with Crippen LogP contribution in [0.25, 0.3) is 11.3 Å². The highest BCUT2D eigenvalue weighted by molar-refractivity contribution is 5.95. The number of rotatable bonds is 5. The van der Waals surface area contributed by atoms with Crippen molar-refractivity contribution in [3.8, 4) is 11.3 Å². The number of aliphatic imine (C=N–C) groups is 1. The Morgan fingerprint density at radius 1 is 1.17 bits per heavy atom. The minimum atomic E-state index is -0.392. The molecule has 0 radical (unpaired) electrons. The van der Waals surface area contributed by atoms with Crippen LogP contribution < -0.4 is 5.32 Å². The summed E-state index contributed by atoms with van der Waals surface area (Å²) < 4.78 is 5.67. The van der Waals surface area contributed by atoms with Crippen molar-refractivity contribution < 1.29 is 4.42 Å². The van der Waals surface area contributed by atoms with E-state index in [1.54, 1.807) is 6.26 Å². The highest BCUT2D eigenvalue weighted by Gasteiger charge is 2.28. The van der Waals surface area contributed by atoms with Gasteiger partial charge in [0.15, 0.2) is 0 Å². The monoisotopic (exact) mass is 397 g/mol. The van der Waals surface area contributed by atoms with Gasteiger partial charge in [-0.1, -0.05) is 24.3 Å². The van der Waals surface area contributed by atoms with Gasteiger partial charge in [-0.2, -0.15) is 0 Å². The zero-order valence-electron chi connectivity index (χ0n) is 17.6. The molecule has 1 fully saturated rings. The van der Waals surface area contributed by atoms with E-state index < -0.39 is 5.54 Å². The Labute approximate surface area is 177 Å². The second-order valence-corrected chi connectivity index (χ2v) is 8.50. The first-order valence-corrected chi connectivity index (χ1v) is 10.7. The first kappa shape index (κ1) is 19.0. The number of allylic oxidation sites excluding steroid dienone is 1. The van der Waals surface area contributed by atoms with Gasteiger partial charge in [-0.15, -0.1) is 0 Å². The van der Waals surface area contributed by atoms with Gasteiger partial charge < -0.3 is 9.73 Å². The molecule has 4 heterocycles. The standard InChI is InChI=1S/C26H27N3O/c1-18-10-12-26(2,29-18)25-7-3-6-24(28-25)23-9-8-19(20-11-13-27-17-20)15-21(23)16-22-5-4-14-30-22/h3-10,12,14-15,20,27H,11,13,16-17H2,1-2H3. The molecule has 2 atom stereocenters. The molecule has 2 unspecified atom stereocenters. The van der Waals surface area contributed by atoms with E-state index in [-0.39, 0.29) is 0 Å². The van der Waals surface area contributed by atoms with E-state index in [9.17, 15) is 0 Å². The van der Waals surface area contributed by atoms with Crippen molar-refractivity contribution in [3.63, 3.8) is 0 Å². The molecular formula is C26H27N3O. The molecule has 2 aliphatic rings. The molecule has 0 aliphatic carbocycles. The highest BCUT2D eigenvalue weighted by atomic mass is 16.3. The lowest BCUT2D eigenvalue weighted by atomic mass is 9.91. The van der Waals surface area contributed by atoms with Crippen molar-refractivity contribution >= 4 is 5.71 Å². The van der Waals surface area contributed by atoms with Crippen LogP contribution in [0.4, 0.5) is 0 Å². The van der Waals surface area contributed by atoms with Crippen LogP contribution in [0.3, 0.4) is 0 Å². The first-order valence-electron chi connectivity index (χ1n) is 10.7. The van der Waals surface area contributed by atoms with Gasteiger partial charge in [-0.05, 0) is 80.3 Å². The molecule has 30 heavy (non-hydrogen) atoms. The van der Waals surface area contributed by atoms with Crippen molar-refractivity contribution in [2.24, 2.45) is 4.99 Å². The van der Waals surface area contributed by atoms with Crippen molar-refractivity contribution in [1.82, 2.24) is 10.3 Å². The molecular weight excluding hydrogens is 370 g/mol. The van der Waals surface area contributed by atoms with Crippen LogP contribution in [0, 0.1) is 0 Å². The third-order valence-electron chi connectivity index (χ3n) is 6.21. The van der Waals surface area contributed by atoms with Gasteiger partial charge in [0.25, 0.3) is 0 Å². The Morgan fingerprint density at radius 3 is 2.83 bits per heavy atom. The number of aromatic nitrogens is 1. The van der Waals surface area contributed by atoms with Crippen LogP contribution in [0.2, 0.25) is 0 Å². The minimum Gasteiger partial charge on any atom is -0.469 e. The third-order valence-corrected chi connectivity index (χ3v) is 6.21. The molecule has 5 rings (SSSR count). The lowest BCUT2D eigenvalue weighted by Gasteiger charge is -2.20. The van der Waals surface area contributed by atoms with E-state index >= 15 is 0 Å². The van der Waals surface area contributed by atoms with Gasteiger partial charge in [0, 0.05) is 24.2 Å². The van der Waals surface area contributed by atoms with E-state index in [1.165, 1.54) is 17.5 Å². The van der Waals surface area contributed by atoms with Crippen molar-refractivity contribution in [2.45, 2.75) is 38.1 Å². The molecule has 1 N–H and O–H groups in total. The van der Waals surface area contributed by atoms with Gasteiger partial charge in [0.1, 0.15) is 11.3 Å². The van der Waals surface area contributed by atoms with E-state index in [4.69, 9.17) is 14.4 Å². The number of hydrogen-bond acceptors (Lipinski definition) is 4. The lowest BCUT2D eigenvalue weighted by molar-refractivity contribution is 0.521. The fraction of sp³-hybridized carbons (Fsp3) is 0.308. The van der Waals surface area contributed by atoms with E-state index in [1.807, 2.05) is 19.1 Å². The van der Waals surface area contributed by atoms with E-state index in [0.29, 0.717) is 5.92 Å². The number of pyridine rings is 1. The maximum absolute atomic E-state index is 5.67. The highest BCUT2D eigenvalue weighted by Crippen LogP contribution is 2.34. The number of benzene rings is 1. The summed E-state index contributed by atoms with van der Waals surface area (Å²) in [7, 11) is 0. The van der Waals surface area contributed by atoms with Crippen LogP contribution >= 0.6 is 0 Å². The number of hydrogen-bond donors (Lipinski definition) is 1. The normalized spacial score (nSPS) is 23.1. The summed E-state index contributed by atoms with van der Waals surface area (Å²) in [6, 6.07) is 17.1. The Hall–Kier alpha value is -2.98. The Morgan fingerprint density at radius 2 is 2.10 bits per heavy atom. The average molecular weight is 398 g/mol. The fourth-order valence-electron chi connectivity index (χ4n) is 4.54. The first-order chi connectivity index (χ1) is 14.6. The minimum absolute atomic E-state index is 0.392. The van der Waals surface area contributed by atoms with E-state index in [0.717, 1.165) is 47.9 Å². The quantitative estimate of drug-likeness (QED) is 0.639. The molecule has 0 amide bonds. The molecule has 152 valence electrons. The van der Waals surface area contributed by atoms with Gasteiger partial charge in [0.2, 0.25) is 0 Å². The molecule has 1 aromatic carbocycles. The summed E-state index contributed by atoms with van der Waals surface area (Å²) >= 11 is 0. The third kappa shape index (κ3) is 3.63. The van der Waals surface area contributed by atoms with Gasteiger partial charge in [-0.3, -0.25) is 4.99 Å². The zero-order chi connectivity index (χ0) is 20.6. The van der Waals surface area contributed by atoms with Crippen molar-refractivity contribution in [1.29, 1.82) is 0 Å². The molecule has 2 aliphatic heterocycles. The van der Waals surface area contributed by atoms with Crippen LogP contribution in [-0.2, 0) is 12.0 Å². The second kappa shape index (κ2) is 7.69. The number of nitrogens with zero attached hydrogens (tertiary/aromatic N) is 2. The van der Waals surface area contributed by atoms with Crippen molar-refractivity contribution in [2.75, 3.05) is 13.1 Å². The number of nitrogens with one attached hydrogen (secondary N) is 1. The maximum Gasteiger partial charge on any atom is 0.118 e. The molecule has 0 spiro atoms. The molecule has 2 aromatic heterocycles. The van der Waals surface area contributed by atoms with Crippen LogP contribution in [-0.4, -0.2) is 23.8 Å². The predicted octanol–water partition coefficient (Wildman–Crippen LogP) is 5.26. The zero-order valence-corrected chi connectivity index (χ0v) is 17.6. The van der Waals surface area contributed by atoms with Crippen LogP contribution in [0.5, 0.6) is 0 Å². The number of furan rings is 1. The van der Waals surface area contributed by atoms with Crippen LogP contribution in [0.1, 0.15) is 48.8 Å². The lowest BCUT2D eigenvalue weighted by Crippen LogP contribution is -2.16. The molecule has 1 saturated heterocycles.